The lowest BCUT2D eigenvalue weighted by Crippen LogP contribution is -2.41. The summed E-state index contributed by atoms with van der Waals surface area (Å²) in [4.78, 5) is 10.7. The zero-order valence-corrected chi connectivity index (χ0v) is 9.48. The molecule has 2 heterocycles. The number of aryl methyl sites for hydroxylation is 1. The minimum Gasteiger partial charge on any atom is -0.387 e. The van der Waals surface area contributed by atoms with Crippen LogP contribution < -0.4 is 10.6 Å². The number of amidine groups is 1. The second-order valence-electron chi connectivity index (χ2n) is 4.30. The van der Waals surface area contributed by atoms with Crippen LogP contribution in [0.1, 0.15) is 18.4 Å². The van der Waals surface area contributed by atoms with Crippen LogP contribution in [0.2, 0.25) is 0 Å². The van der Waals surface area contributed by atoms with E-state index in [-0.39, 0.29) is 11.8 Å². The largest absolute Gasteiger partial charge is 0.387 e. The molecule has 1 aromatic heterocycles. The molecule has 0 amide bonds. The highest BCUT2D eigenvalue weighted by Gasteiger charge is 2.23. The topological polar surface area (TPSA) is 78.9 Å². The van der Waals surface area contributed by atoms with Gasteiger partial charge in [-0.1, -0.05) is 0 Å². The Kier molecular flexibility index (Phi) is 3.03. The van der Waals surface area contributed by atoms with Crippen molar-refractivity contribution >= 4 is 11.8 Å². The molecule has 1 fully saturated rings. The molecule has 0 bridgehead atoms. The summed E-state index contributed by atoms with van der Waals surface area (Å²) in [6, 6.07) is 0. The predicted molar refractivity (Wildman–Crippen MR) is 63.6 cm³/mol. The molecule has 5 heteroatoms. The highest BCUT2D eigenvalue weighted by molar-refractivity contribution is 5.80. The van der Waals surface area contributed by atoms with Crippen molar-refractivity contribution in [2.24, 2.45) is 11.7 Å². The zero-order chi connectivity index (χ0) is 11.5. The third-order valence-corrected chi connectivity index (χ3v) is 2.91. The summed E-state index contributed by atoms with van der Waals surface area (Å²) in [5.74, 6) is 1.17. The summed E-state index contributed by atoms with van der Waals surface area (Å²) in [5.41, 5.74) is 6.61. The number of nitrogens with one attached hydrogen (secondary N) is 1. The van der Waals surface area contributed by atoms with E-state index in [2.05, 4.69) is 14.9 Å². The Morgan fingerprint density at radius 1 is 1.50 bits per heavy atom. The first kappa shape index (κ1) is 10.9. The van der Waals surface area contributed by atoms with E-state index in [9.17, 15) is 0 Å². The molecule has 0 aromatic carbocycles. The van der Waals surface area contributed by atoms with Crippen molar-refractivity contribution in [2.45, 2.75) is 19.8 Å². The molecule has 1 aliphatic heterocycles. The SMILES string of the molecule is Cc1cnc(N2CCCC(C(=N)N)C2)nc1. The Labute approximate surface area is 95.2 Å². The summed E-state index contributed by atoms with van der Waals surface area (Å²) in [5, 5.41) is 7.49. The fraction of sp³-hybridized carbons (Fsp3) is 0.545. The Bertz CT molecular complexity index is 372. The zero-order valence-electron chi connectivity index (χ0n) is 9.48. The highest BCUT2D eigenvalue weighted by atomic mass is 15.3. The maximum absolute atomic E-state index is 7.49. The van der Waals surface area contributed by atoms with Crippen LogP contribution in [-0.2, 0) is 0 Å². The van der Waals surface area contributed by atoms with E-state index in [4.69, 9.17) is 11.1 Å². The van der Waals surface area contributed by atoms with Crippen LogP contribution >= 0.6 is 0 Å². The quantitative estimate of drug-likeness (QED) is 0.573. The smallest absolute Gasteiger partial charge is 0.225 e. The lowest BCUT2D eigenvalue weighted by molar-refractivity contribution is 0.496. The van der Waals surface area contributed by atoms with Gasteiger partial charge in [0.2, 0.25) is 5.95 Å². The van der Waals surface area contributed by atoms with Crippen molar-refractivity contribution in [2.75, 3.05) is 18.0 Å². The third-order valence-electron chi connectivity index (χ3n) is 2.91. The monoisotopic (exact) mass is 219 g/mol. The third kappa shape index (κ3) is 2.29. The van der Waals surface area contributed by atoms with Crippen LogP contribution in [0.25, 0.3) is 0 Å². The molecule has 3 N–H and O–H groups in total. The first-order chi connectivity index (χ1) is 7.66. The second kappa shape index (κ2) is 4.47. The molecule has 16 heavy (non-hydrogen) atoms. The van der Waals surface area contributed by atoms with Gasteiger partial charge < -0.3 is 10.6 Å². The average Bonchev–Trinajstić information content (AvgIpc) is 2.30. The van der Waals surface area contributed by atoms with E-state index in [1.807, 2.05) is 19.3 Å². The van der Waals surface area contributed by atoms with Gasteiger partial charge in [0.25, 0.3) is 0 Å². The van der Waals surface area contributed by atoms with Crippen LogP contribution in [0.5, 0.6) is 0 Å². The minimum absolute atomic E-state index is 0.152. The Hall–Kier alpha value is -1.65. The van der Waals surface area contributed by atoms with Gasteiger partial charge in [0.1, 0.15) is 0 Å². The average molecular weight is 219 g/mol. The van der Waals surface area contributed by atoms with Gasteiger partial charge in [0, 0.05) is 31.4 Å². The van der Waals surface area contributed by atoms with E-state index in [1.165, 1.54) is 0 Å². The van der Waals surface area contributed by atoms with Gasteiger partial charge in [-0.25, -0.2) is 9.97 Å². The molecule has 2 rings (SSSR count). The molecular formula is C11H17N5. The number of piperidine rings is 1. The lowest BCUT2D eigenvalue weighted by Gasteiger charge is -2.32. The van der Waals surface area contributed by atoms with E-state index < -0.39 is 0 Å². The summed E-state index contributed by atoms with van der Waals surface area (Å²) in [6.07, 6.45) is 5.68. The molecule has 1 atom stereocenters. The molecule has 1 aromatic rings. The standard InChI is InChI=1S/C11H17N5/c1-8-5-14-11(15-6-8)16-4-2-3-9(7-16)10(12)13/h5-6,9H,2-4,7H2,1H3,(H3,12,13). The van der Waals surface area contributed by atoms with E-state index in [0.717, 1.165) is 37.4 Å². The highest BCUT2D eigenvalue weighted by Crippen LogP contribution is 2.19. The van der Waals surface area contributed by atoms with E-state index in [0.29, 0.717) is 0 Å². The summed E-state index contributed by atoms with van der Waals surface area (Å²) in [7, 11) is 0. The number of hydrogen-bond donors (Lipinski definition) is 2. The van der Waals surface area contributed by atoms with E-state index in [1.54, 1.807) is 0 Å². The number of nitrogens with zero attached hydrogens (tertiary/aromatic N) is 3. The van der Waals surface area contributed by atoms with Crippen molar-refractivity contribution in [3.05, 3.63) is 18.0 Å². The Morgan fingerprint density at radius 3 is 2.81 bits per heavy atom. The van der Waals surface area contributed by atoms with Crippen molar-refractivity contribution in [3.63, 3.8) is 0 Å². The van der Waals surface area contributed by atoms with Gasteiger partial charge in [-0.3, -0.25) is 5.41 Å². The molecule has 5 nitrogen and oxygen atoms in total. The van der Waals surface area contributed by atoms with Gasteiger partial charge in [-0.15, -0.1) is 0 Å². The van der Waals surface area contributed by atoms with Gasteiger partial charge in [-0.2, -0.15) is 0 Å². The molecule has 1 aliphatic rings. The van der Waals surface area contributed by atoms with Crippen molar-refractivity contribution in [3.8, 4) is 0 Å². The van der Waals surface area contributed by atoms with Crippen molar-refractivity contribution < 1.29 is 0 Å². The first-order valence-corrected chi connectivity index (χ1v) is 5.54. The fourth-order valence-corrected chi connectivity index (χ4v) is 1.96. The fourth-order valence-electron chi connectivity index (χ4n) is 1.96. The molecule has 1 unspecified atom stereocenters. The van der Waals surface area contributed by atoms with Gasteiger partial charge >= 0.3 is 0 Å². The summed E-state index contributed by atoms with van der Waals surface area (Å²) < 4.78 is 0. The molecule has 86 valence electrons. The number of anilines is 1. The predicted octanol–water partition coefficient (Wildman–Crippen LogP) is 0.937. The molecule has 1 saturated heterocycles. The number of hydrogen-bond acceptors (Lipinski definition) is 4. The van der Waals surface area contributed by atoms with Crippen LogP contribution in [0.15, 0.2) is 12.4 Å². The van der Waals surface area contributed by atoms with Crippen LogP contribution in [0.4, 0.5) is 5.95 Å². The minimum atomic E-state index is 0.152. The first-order valence-electron chi connectivity index (χ1n) is 5.54. The molecule has 0 saturated carbocycles. The van der Waals surface area contributed by atoms with Crippen molar-refractivity contribution in [1.82, 2.24) is 9.97 Å². The molecule has 0 aliphatic carbocycles. The van der Waals surface area contributed by atoms with Gasteiger partial charge in [0.15, 0.2) is 0 Å². The van der Waals surface area contributed by atoms with Gasteiger partial charge in [0.05, 0.1) is 5.84 Å². The van der Waals surface area contributed by atoms with E-state index >= 15 is 0 Å². The van der Waals surface area contributed by atoms with Crippen molar-refractivity contribution in [1.29, 1.82) is 5.41 Å². The maximum atomic E-state index is 7.49. The number of aromatic nitrogens is 2. The van der Waals surface area contributed by atoms with Crippen LogP contribution in [0, 0.1) is 18.3 Å². The summed E-state index contributed by atoms with van der Waals surface area (Å²) >= 11 is 0. The second-order valence-corrected chi connectivity index (χ2v) is 4.30. The number of rotatable bonds is 2. The normalized spacial score (nSPS) is 20.8. The molecule has 0 spiro atoms. The Balaban J connectivity index is 2.09. The van der Waals surface area contributed by atoms with Crippen LogP contribution in [0.3, 0.4) is 0 Å². The number of nitrogens with two attached hydrogens (primary N) is 1. The Morgan fingerprint density at radius 2 is 2.19 bits per heavy atom. The van der Waals surface area contributed by atoms with Crippen LogP contribution in [-0.4, -0.2) is 28.9 Å². The maximum Gasteiger partial charge on any atom is 0.225 e. The lowest BCUT2D eigenvalue weighted by atomic mass is 9.97. The summed E-state index contributed by atoms with van der Waals surface area (Å²) in [6.45, 7) is 3.68. The molecule has 0 radical (unpaired) electrons. The molecular weight excluding hydrogens is 202 g/mol. The van der Waals surface area contributed by atoms with Gasteiger partial charge in [-0.05, 0) is 25.3 Å².